The predicted octanol–water partition coefficient (Wildman–Crippen LogP) is 5.50. The van der Waals surface area contributed by atoms with Crippen molar-refractivity contribution in [2.45, 2.75) is 5.92 Å². The van der Waals surface area contributed by atoms with Crippen LogP contribution in [-0.4, -0.2) is 14.7 Å². The summed E-state index contributed by atoms with van der Waals surface area (Å²) < 4.78 is 8.01. The lowest BCUT2D eigenvalue weighted by atomic mass is 9.81. The van der Waals surface area contributed by atoms with E-state index in [0.717, 1.165) is 33.3 Å². The maximum Gasteiger partial charge on any atom is 0.228 e. The highest BCUT2D eigenvalue weighted by molar-refractivity contribution is 5.90. The smallest absolute Gasteiger partial charge is 0.228 e. The topological polar surface area (TPSA) is 71.1 Å². The largest absolute Gasteiger partial charge is 0.508 e. The Morgan fingerprint density at radius 3 is 2.38 bits per heavy atom. The second-order valence-electron chi connectivity index (χ2n) is 7.84. The number of benzene rings is 4. The average Bonchev–Trinajstić information content (AvgIpc) is 2.84. The summed E-state index contributed by atoms with van der Waals surface area (Å²) in [7, 11) is 0. The number of hydrogen-bond acceptors (Lipinski definition) is 4. The van der Waals surface area contributed by atoms with Gasteiger partial charge in [0.2, 0.25) is 5.88 Å². The van der Waals surface area contributed by atoms with Crippen LogP contribution in [0.5, 0.6) is 17.4 Å². The van der Waals surface area contributed by atoms with E-state index in [1.807, 2.05) is 66.7 Å². The van der Waals surface area contributed by atoms with Gasteiger partial charge in [-0.3, -0.25) is 9.98 Å². The highest BCUT2D eigenvalue weighted by Crippen LogP contribution is 2.48. The second kappa shape index (κ2) is 7.10. The number of para-hydroxylation sites is 1. The van der Waals surface area contributed by atoms with Gasteiger partial charge in [-0.1, -0.05) is 60.7 Å². The monoisotopic (exact) mass is 417 g/mol. The number of nitrogens with zero attached hydrogens (tertiary/aromatic N) is 2. The number of rotatable bonds is 2. The maximum atomic E-state index is 9.89. The van der Waals surface area contributed by atoms with Crippen LogP contribution >= 0.6 is 0 Å². The molecular formula is C27H19N3O2. The zero-order valence-corrected chi connectivity index (χ0v) is 17.1. The molecule has 154 valence electrons. The third kappa shape index (κ3) is 2.79. The predicted molar refractivity (Wildman–Crippen MR) is 122 cm³/mol. The minimum Gasteiger partial charge on any atom is -0.508 e. The van der Waals surface area contributed by atoms with Crippen molar-refractivity contribution in [3.8, 4) is 23.1 Å². The molecule has 5 aromatic rings. The number of fused-ring (bicyclic) bond motifs is 4. The Hall–Kier alpha value is -4.38. The lowest BCUT2D eigenvalue weighted by Crippen LogP contribution is -2.29. The minimum atomic E-state index is -0.267. The van der Waals surface area contributed by atoms with Crippen LogP contribution in [0, 0.1) is 5.41 Å². The van der Waals surface area contributed by atoms with Crippen molar-refractivity contribution in [2.75, 3.05) is 0 Å². The van der Waals surface area contributed by atoms with Gasteiger partial charge in [-0.05, 0) is 46.7 Å². The molecule has 32 heavy (non-hydrogen) atoms. The van der Waals surface area contributed by atoms with E-state index in [9.17, 15) is 5.11 Å². The van der Waals surface area contributed by atoms with E-state index in [0.29, 0.717) is 16.9 Å². The zero-order chi connectivity index (χ0) is 21.7. The Kier molecular flexibility index (Phi) is 4.08. The molecule has 0 radical (unpaired) electrons. The van der Waals surface area contributed by atoms with Gasteiger partial charge in [0, 0.05) is 17.2 Å². The van der Waals surface area contributed by atoms with Gasteiger partial charge in [0.05, 0.1) is 5.56 Å². The standard InChI is InChI=1S/C27H19N3O2/c28-26-25-23(18-10-13-20(31)14-11-18)24-21-9-5-4-6-17(21)12-15-22(24)32-27(25)29-16-30(26)19-7-2-1-3-8-19/h1-16,23,28,31H. The van der Waals surface area contributed by atoms with Gasteiger partial charge in [0.1, 0.15) is 23.3 Å². The molecule has 0 fully saturated rings. The summed E-state index contributed by atoms with van der Waals surface area (Å²) in [6, 6.07) is 29.1. The van der Waals surface area contributed by atoms with E-state index in [1.54, 1.807) is 23.0 Å². The Labute approximate surface area is 184 Å². The van der Waals surface area contributed by atoms with E-state index < -0.39 is 0 Å². The molecular weight excluding hydrogens is 398 g/mol. The van der Waals surface area contributed by atoms with Crippen LogP contribution in [0.4, 0.5) is 0 Å². The second-order valence-corrected chi connectivity index (χ2v) is 7.84. The van der Waals surface area contributed by atoms with E-state index in [2.05, 4.69) is 17.1 Å². The van der Waals surface area contributed by atoms with Crippen LogP contribution in [0.25, 0.3) is 16.5 Å². The summed E-state index contributed by atoms with van der Waals surface area (Å²) in [4.78, 5) is 4.60. The first-order chi connectivity index (χ1) is 15.7. The number of aromatic hydroxyl groups is 1. The first kappa shape index (κ1) is 18.4. The Bertz CT molecular complexity index is 1520. The SMILES string of the molecule is N=c1c2c(ncn1-c1ccccc1)Oc1ccc3ccccc3c1C2c1ccc(O)cc1. The van der Waals surface area contributed by atoms with Gasteiger partial charge in [-0.25, -0.2) is 4.98 Å². The quantitative estimate of drug-likeness (QED) is 0.391. The fraction of sp³-hybridized carbons (Fsp3) is 0.0370. The number of ether oxygens (including phenoxy) is 1. The van der Waals surface area contributed by atoms with Crippen molar-refractivity contribution in [1.82, 2.24) is 9.55 Å². The molecule has 5 nitrogen and oxygen atoms in total. The maximum absolute atomic E-state index is 9.89. The average molecular weight is 417 g/mol. The molecule has 6 rings (SSSR count). The third-order valence-electron chi connectivity index (χ3n) is 5.99. The van der Waals surface area contributed by atoms with Gasteiger partial charge < -0.3 is 9.84 Å². The molecule has 5 heteroatoms. The number of hydrogen-bond donors (Lipinski definition) is 2. The lowest BCUT2D eigenvalue weighted by Gasteiger charge is -2.29. The van der Waals surface area contributed by atoms with E-state index >= 15 is 0 Å². The number of phenolic OH excluding ortho intramolecular Hbond substituents is 1. The summed E-state index contributed by atoms with van der Waals surface area (Å²) in [6.45, 7) is 0. The van der Waals surface area contributed by atoms with Crippen molar-refractivity contribution in [3.05, 3.63) is 120 Å². The summed E-state index contributed by atoms with van der Waals surface area (Å²) in [5, 5.41) is 21.2. The molecule has 0 saturated heterocycles. The third-order valence-corrected chi connectivity index (χ3v) is 5.99. The molecule has 0 saturated carbocycles. The fourth-order valence-electron chi connectivity index (χ4n) is 4.51. The molecule has 0 spiro atoms. The van der Waals surface area contributed by atoms with Gasteiger partial charge >= 0.3 is 0 Å². The van der Waals surface area contributed by atoms with Crippen molar-refractivity contribution >= 4 is 10.8 Å². The van der Waals surface area contributed by atoms with Crippen LogP contribution in [-0.2, 0) is 0 Å². The summed E-state index contributed by atoms with van der Waals surface area (Å²) in [5.74, 6) is 1.11. The first-order valence-electron chi connectivity index (χ1n) is 10.4. The highest BCUT2D eigenvalue weighted by Gasteiger charge is 2.33. The minimum absolute atomic E-state index is 0.204. The molecule has 0 amide bonds. The van der Waals surface area contributed by atoms with E-state index in [4.69, 9.17) is 10.1 Å². The van der Waals surface area contributed by atoms with Gasteiger partial charge in [-0.2, -0.15) is 0 Å². The molecule has 1 atom stereocenters. The van der Waals surface area contributed by atoms with Crippen molar-refractivity contribution in [1.29, 1.82) is 5.41 Å². The van der Waals surface area contributed by atoms with Crippen molar-refractivity contribution < 1.29 is 9.84 Å². The summed E-state index contributed by atoms with van der Waals surface area (Å²) >= 11 is 0. The summed E-state index contributed by atoms with van der Waals surface area (Å²) in [5.41, 5.74) is 3.85. The molecule has 0 bridgehead atoms. The molecule has 2 heterocycles. The number of phenols is 1. The molecule has 4 aromatic carbocycles. The normalized spacial score (nSPS) is 14.4. The highest BCUT2D eigenvalue weighted by atomic mass is 16.5. The van der Waals surface area contributed by atoms with Gasteiger partial charge in [0.15, 0.2) is 0 Å². The van der Waals surface area contributed by atoms with Gasteiger partial charge in [-0.15, -0.1) is 0 Å². The zero-order valence-electron chi connectivity index (χ0n) is 17.1. The lowest BCUT2D eigenvalue weighted by molar-refractivity contribution is 0.428. The number of aromatic nitrogens is 2. The van der Waals surface area contributed by atoms with Crippen LogP contribution in [0.15, 0.2) is 97.3 Å². The molecule has 1 aliphatic heterocycles. The Morgan fingerprint density at radius 2 is 1.56 bits per heavy atom. The van der Waals surface area contributed by atoms with Crippen LogP contribution < -0.4 is 10.2 Å². The van der Waals surface area contributed by atoms with E-state index in [1.165, 1.54) is 0 Å². The fourth-order valence-corrected chi connectivity index (χ4v) is 4.51. The molecule has 1 aromatic heterocycles. The van der Waals surface area contributed by atoms with Crippen LogP contribution in [0.3, 0.4) is 0 Å². The first-order valence-corrected chi connectivity index (χ1v) is 10.4. The molecule has 1 unspecified atom stereocenters. The summed E-state index contributed by atoms with van der Waals surface area (Å²) in [6.07, 6.45) is 1.64. The van der Waals surface area contributed by atoms with Crippen LogP contribution in [0.2, 0.25) is 0 Å². The molecule has 1 aliphatic rings. The van der Waals surface area contributed by atoms with E-state index in [-0.39, 0.29) is 11.7 Å². The molecule has 2 N–H and O–H groups in total. The Morgan fingerprint density at radius 1 is 0.812 bits per heavy atom. The van der Waals surface area contributed by atoms with Gasteiger partial charge in [0.25, 0.3) is 0 Å². The number of nitrogens with one attached hydrogen (secondary N) is 1. The molecule has 0 aliphatic carbocycles. The van der Waals surface area contributed by atoms with Crippen molar-refractivity contribution in [2.24, 2.45) is 0 Å². The Balaban J connectivity index is 1.68. The van der Waals surface area contributed by atoms with Crippen molar-refractivity contribution in [3.63, 3.8) is 0 Å². The van der Waals surface area contributed by atoms with Crippen LogP contribution in [0.1, 0.15) is 22.6 Å².